The van der Waals surface area contributed by atoms with Gasteiger partial charge in [0.15, 0.2) is 0 Å². The molecule has 0 unspecified atom stereocenters. The fourth-order valence-electron chi connectivity index (χ4n) is 2.58. The second-order valence-corrected chi connectivity index (χ2v) is 4.87. The van der Waals surface area contributed by atoms with Crippen LogP contribution in [0.2, 0.25) is 0 Å². The average molecular weight is 256 g/mol. The highest BCUT2D eigenvalue weighted by Gasteiger charge is 2.21. The zero-order chi connectivity index (χ0) is 13.6. The third kappa shape index (κ3) is 1.87. The lowest BCUT2D eigenvalue weighted by Crippen LogP contribution is -2.31. The van der Waals surface area contributed by atoms with E-state index in [1.807, 2.05) is 32.3 Å². The molecule has 19 heavy (non-hydrogen) atoms. The molecule has 0 spiro atoms. The summed E-state index contributed by atoms with van der Waals surface area (Å²) < 4.78 is 1.77. The summed E-state index contributed by atoms with van der Waals surface area (Å²) in [7, 11) is 3.70. The molecule has 1 amide bonds. The molecule has 1 aliphatic rings. The van der Waals surface area contributed by atoms with E-state index in [4.69, 9.17) is 5.73 Å². The number of benzene rings is 1. The summed E-state index contributed by atoms with van der Waals surface area (Å²) in [5, 5.41) is 4.16. The highest BCUT2D eigenvalue weighted by molar-refractivity contribution is 5.96. The first-order valence-corrected chi connectivity index (χ1v) is 6.25. The van der Waals surface area contributed by atoms with Gasteiger partial charge in [0, 0.05) is 37.8 Å². The Bertz CT molecular complexity index is 659. The average Bonchev–Trinajstić information content (AvgIpc) is 2.73. The van der Waals surface area contributed by atoms with Gasteiger partial charge in [-0.3, -0.25) is 9.48 Å². The highest BCUT2D eigenvalue weighted by Crippen LogP contribution is 2.31. The van der Waals surface area contributed by atoms with Gasteiger partial charge in [0.05, 0.1) is 5.69 Å². The number of amides is 1. The molecule has 2 heterocycles. The number of anilines is 2. The first-order chi connectivity index (χ1) is 9.06. The molecule has 0 saturated heterocycles. The molecule has 0 radical (unpaired) electrons. The minimum atomic E-state index is 0.171. The Hall–Kier alpha value is -2.30. The molecule has 1 aliphatic heterocycles. The Balaban J connectivity index is 2.07. The van der Waals surface area contributed by atoms with Crippen molar-refractivity contribution in [3.8, 4) is 11.3 Å². The van der Waals surface area contributed by atoms with Gasteiger partial charge in [-0.25, -0.2) is 0 Å². The van der Waals surface area contributed by atoms with Crippen molar-refractivity contribution in [2.45, 2.75) is 12.8 Å². The molecular formula is C14H16N4O. The van der Waals surface area contributed by atoms with Crippen LogP contribution in [0.4, 0.5) is 11.5 Å². The second-order valence-electron chi connectivity index (χ2n) is 4.87. The Morgan fingerprint density at radius 1 is 1.21 bits per heavy atom. The zero-order valence-corrected chi connectivity index (χ0v) is 11.1. The number of aromatic nitrogens is 2. The van der Waals surface area contributed by atoms with Crippen molar-refractivity contribution in [2.24, 2.45) is 7.05 Å². The Labute approximate surface area is 111 Å². The topological polar surface area (TPSA) is 64.2 Å². The molecule has 5 heteroatoms. The van der Waals surface area contributed by atoms with Gasteiger partial charge in [-0.15, -0.1) is 0 Å². The number of nitrogen functional groups attached to an aromatic ring is 1. The van der Waals surface area contributed by atoms with Crippen molar-refractivity contribution < 1.29 is 4.79 Å². The molecule has 0 saturated carbocycles. The number of hydrogen-bond donors (Lipinski definition) is 1. The maximum absolute atomic E-state index is 11.7. The monoisotopic (exact) mass is 256 g/mol. The standard InChI is InChI=1S/C14H16N4O/c1-17-11-5-3-10(7-9(11)4-6-14(17)19)12-8-13(15)16-18(12)2/h3,5,7-8H,4,6H2,1-2H3,(H2,15,16). The summed E-state index contributed by atoms with van der Waals surface area (Å²) in [6.45, 7) is 0. The minimum Gasteiger partial charge on any atom is -0.382 e. The maximum atomic E-state index is 11.7. The first kappa shape index (κ1) is 11.8. The zero-order valence-electron chi connectivity index (χ0n) is 11.1. The van der Waals surface area contributed by atoms with E-state index in [2.05, 4.69) is 11.2 Å². The van der Waals surface area contributed by atoms with E-state index < -0.39 is 0 Å². The van der Waals surface area contributed by atoms with Gasteiger partial charge in [0.1, 0.15) is 5.82 Å². The van der Waals surface area contributed by atoms with E-state index in [0.29, 0.717) is 12.2 Å². The van der Waals surface area contributed by atoms with Gasteiger partial charge in [-0.2, -0.15) is 5.10 Å². The maximum Gasteiger partial charge on any atom is 0.227 e. The molecule has 0 atom stereocenters. The van der Waals surface area contributed by atoms with Gasteiger partial charge >= 0.3 is 0 Å². The number of nitrogens with zero attached hydrogens (tertiary/aromatic N) is 3. The predicted molar refractivity (Wildman–Crippen MR) is 74.8 cm³/mol. The predicted octanol–water partition coefficient (Wildman–Crippen LogP) is 1.58. The number of fused-ring (bicyclic) bond motifs is 1. The van der Waals surface area contributed by atoms with Crippen LogP contribution in [0.15, 0.2) is 24.3 Å². The Morgan fingerprint density at radius 3 is 2.68 bits per heavy atom. The molecular weight excluding hydrogens is 240 g/mol. The lowest BCUT2D eigenvalue weighted by Gasteiger charge is -2.26. The van der Waals surface area contributed by atoms with Gasteiger partial charge < -0.3 is 10.6 Å². The molecule has 0 aliphatic carbocycles. The minimum absolute atomic E-state index is 0.171. The van der Waals surface area contributed by atoms with Crippen molar-refractivity contribution >= 4 is 17.4 Å². The largest absolute Gasteiger partial charge is 0.382 e. The van der Waals surface area contributed by atoms with E-state index in [1.165, 1.54) is 5.56 Å². The Kier molecular flexibility index (Phi) is 2.55. The molecule has 1 aromatic heterocycles. The summed E-state index contributed by atoms with van der Waals surface area (Å²) in [5.74, 6) is 0.688. The van der Waals surface area contributed by atoms with Crippen LogP contribution in [0.3, 0.4) is 0 Å². The van der Waals surface area contributed by atoms with Crippen LogP contribution < -0.4 is 10.6 Å². The number of rotatable bonds is 1. The second kappa shape index (κ2) is 4.12. The van der Waals surface area contributed by atoms with Gasteiger partial charge in [-0.05, 0) is 24.1 Å². The van der Waals surface area contributed by atoms with Crippen molar-refractivity contribution in [1.82, 2.24) is 9.78 Å². The smallest absolute Gasteiger partial charge is 0.227 e. The third-order valence-corrected chi connectivity index (χ3v) is 3.62. The summed E-state index contributed by atoms with van der Waals surface area (Å²) in [4.78, 5) is 13.4. The van der Waals surface area contributed by atoms with Crippen molar-refractivity contribution in [3.63, 3.8) is 0 Å². The van der Waals surface area contributed by atoms with Crippen molar-refractivity contribution in [1.29, 1.82) is 0 Å². The quantitative estimate of drug-likeness (QED) is 0.842. The van der Waals surface area contributed by atoms with Crippen molar-refractivity contribution in [2.75, 3.05) is 17.7 Å². The SMILES string of the molecule is CN1C(=O)CCc2cc(-c3cc(N)nn3C)ccc21. The fraction of sp³-hybridized carbons (Fsp3) is 0.286. The molecule has 5 nitrogen and oxygen atoms in total. The lowest BCUT2D eigenvalue weighted by molar-refractivity contribution is -0.118. The van der Waals surface area contributed by atoms with Crippen molar-refractivity contribution in [3.05, 3.63) is 29.8 Å². The molecule has 0 fully saturated rings. The molecule has 3 rings (SSSR count). The molecule has 98 valence electrons. The molecule has 2 N–H and O–H groups in total. The number of hydrogen-bond acceptors (Lipinski definition) is 3. The molecule has 1 aromatic carbocycles. The normalized spacial score (nSPS) is 14.6. The van der Waals surface area contributed by atoms with Gasteiger partial charge in [-0.1, -0.05) is 6.07 Å². The summed E-state index contributed by atoms with van der Waals surface area (Å²) in [6, 6.07) is 7.98. The lowest BCUT2D eigenvalue weighted by atomic mass is 9.98. The third-order valence-electron chi connectivity index (χ3n) is 3.62. The van der Waals surface area contributed by atoms with E-state index in [1.54, 1.807) is 9.58 Å². The number of nitrogens with two attached hydrogens (primary N) is 1. The number of carbonyl (C=O) groups excluding carboxylic acids is 1. The number of aryl methyl sites for hydroxylation is 2. The van der Waals surface area contributed by atoms with Crippen LogP contribution in [0.25, 0.3) is 11.3 Å². The summed E-state index contributed by atoms with van der Waals surface area (Å²) in [5.41, 5.74) is 9.96. The van der Waals surface area contributed by atoms with Crippen LogP contribution in [0.1, 0.15) is 12.0 Å². The first-order valence-electron chi connectivity index (χ1n) is 6.25. The highest BCUT2D eigenvalue weighted by atomic mass is 16.2. The van der Waals surface area contributed by atoms with Crippen LogP contribution >= 0.6 is 0 Å². The van der Waals surface area contributed by atoms with Gasteiger partial charge in [0.2, 0.25) is 5.91 Å². The van der Waals surface area contributed by atoms with E-state index >= 15 is 0 Å². The van der Waals surface area contributed by atoms with Crippen LogP contribution in [-0.4, -0.2) is 22.7 Å². The number of carbonyl (C=O) groups is 1. The van der Waals surface area contributed by atoms with E-state index in [9.17, 15) is 4.79 Å². The van der Waals surface area contributed by atoms with E-state index in [-0.39, 0.29) is 5.91 Å². The molecule has 0 bridgehead atoms. The summed E-state index contributed by atoms with van der Waals surface area (Å²) in [6.07, 6.45) is 1.36. The summed E-state index contributed by atoms with van der Waals surface area (Å²) >= 11 is 0. The van der Waals surface area contributed by atoms with E-state index in [0.717, 1.165) is 23.4 Å². The fourth-order valence-corrected chi connectivity index (χ4v) is 2.58. The van der Waals surface area contributed by atoms with Gasteiger partial charge in [0.25, 0.3) is 0 Å². The molecule has 2 aromatic rings. The van der Waals surface area contributed by atoms with Crippen LogP contribution in [0.5, 0.6) is 0 Å². The van der Waals surface area contributed by atoms with Crippen LogP contribution in [0, 0.1) is 0 Å². The Morgan fingerprint density at radius 2 is 2.00 bits per heavy atom. The van der Waals surface area contributed by atoms with Crippen LogP contribution in [-0.2, 0) is 18.3 Å².